The van der Waals surface area contributed by atoms with E-state index in [4.69, 9.17) is 14.9 Å². The van der Waals surface area contributed by atoms with Crippen LogP contribution in [0.25, 0.3) is 0 Å². The van der Waals surface area contributed by atoms with Crippen LogP contribution in [-0.4, -0.2) is 23.4 Å². The third-order valence-electron chi connectivity index (χ3n) is 2.76. The van der Waals surface area contributed by atoms with Crippen molar-refractivity contribution in [3.8, 4) is 0 Å². The van der Waals surface area contributed by atoms with Gasteiger partial charge in [0, 0.05) is 13.0 Å². The molecule has 2 atom stereocenters. The third-order valence-corrected chi connectivity index (χ3v) is 2.76. The molecule has 0 amide bonds. The summed E-state index contributed by atoms with van der Waals surface area (Å²) in [5.74, 6) is 0.975. The number of rotatable bonds is 2. The molecule has 0 bridgehead atoms. The van der Waals surface area contributed by atoms with Crippen molar-refractivity contribution in [1.29, 1.82) is 0 Å². The average molecular weight is 197 g/mol. The van der Waals surface area contributed by atoms with Gasteiger partial charge >= 0.3 is 6.01 Å². The van der Waals surface area contributed by atoms with Gasteiger partial charge in [0.15, 0.2) is 0 Å². The molecule has 0 aromatic carbocycles. The molecule has 0 spiro atoms. The summed E-state index contributed by atoms with van der Waals surface area (Å²) < 4.78 is 10.5. The summed E-state index contributed by atoms with van der Waals surface area (Å²) in [6.07, 6.45) is 4.63. The van der Waals surface area contributed by atoms with Gasteiger partial charge in [0.05, 0.1) is 6.10 Å². The largest absolute Gasteiger partial charge is 0.408 e. The van der Waals surface area contributed by atoms with Crippen LogP contribution in [0.5, 0.6) is 0 Å². The number of methoxy groups -OCH3 is 1. The second kappa shape index (κ2) is 3.96. The van der Waals surface area contributed by atoms with Crippen molar-refractivity contribution in [3.63, 3.8) is 0 Å². The first kappa shape index (κ1) is 9.45. The zero-order valence-electron chi connectivity index (χ0n) is 8.27. The van der Waals surface area contributed by atoms with Gasteiger partial charge in [-0.15, -0.1) is 5.10 Å². The molecule has 2 rings (SSSR count). The Hall–Kier alpha value is -1.10. The minimum Gasteiger partial charge on any atom is -0.408 e. The first-order chi connectivity index (χ1) is 6.79. The average Bonchev–Trinajstić information content (AvgIpc) is 2.65. The predicted octanol–water partition coefficient (Wildman–Crippen LogP) is 1.32. The molecule has 0 saturated heterocycles. The topological polar surface area (TPSA) is 74.2 Å². The highest BCUT2D eigenvalue weighted by Gasteiger charge is 2.26. The lowest BCUT2D eigenvalue weighted by Gasteiger charge is -2.25. The van der Waals surface area contributed by atoms with E-state index in [2.05, 4.69) is 10.2 Å². The Labute approximate surface area is 82.6 Å². The Morgan fingerprint density at radius 3 is 2.93 bits per heavy atom. The number of nitrogens with zero attached hydrogens (tertiary/aromatic N) is 2. The summed E-state index contributed by atoms with van der Waals surface area (Å²) in [7, 11) is 1.75. The molecule has 14 heavy (non-hydrogen) atoms. The number of nitrogens with two attached hydrogens (primary N) is 1. The van der Waals surface area contributed by atoms with Crippen molar-refractivity contribution in [3.05, 3.63) is 5.89 Å². The van der Waals surface area contributed by atoms with Gasteiger partial charge in [0.25, 0.3) is 0 Å². The molecule has 0 radical (unpaired) electrons. The van der Waals surface area contributed by atoms with Gasteiger partial charge in [0.1, 0.15) is 0 Å². The molecule has 5 heteroatoms. The predicted molar refractivity (Wildman–Crippen MR) is 50.7 cm³/mol. The van der Waals surface area contributed by atoms with Gasteiger partial charge in [-0.25, -0.2) is 0 Å². The second-order valence-corrected chi connectivity index (χ2v) is 3.70. The maximum Gasteiger partial charge on any atom is 0.312 e. The quantitative estimate of drug-likeness (QED) is 0.774. The number of anilines is 1. The highest BCUT2D eigenvalue weighted by atomic mass is 16.5. The van der Waals surface area contributed by atoms with Gasteiger partial charge < -0.3 is 14.9 Å². The highest BCUT2D eigenvalue weighted by Crippen LogP contribution is 2.33. The Morgan fingerprint density at radius 2 is 2.29 bits per heavy atom. The molecule has 1 aliphatic carbocycles. The number of hydrogen-bond donors (Lipinski definition) is 1. The molecule has 5 nitrogen and oxygen atoms in total. The monoisotopic (exact) mass is 197 g/mol. The molecule has 0 aliphatic heterocycles. The van der Waals surface area contributed by atoms with Crippen LogP contribution in [0.3, 0.4) is 0 Å². The van der Waals surface area contributed by atoms with Gasteiger partial charge in [-0.2, -0.15) is 0 Å². The lowest BCUT2D eigenvalue weighted by atomic mass is 9.87. The molecule has 1 aliphatic rings. The lowest BCUT2D eigenvalue weighted by Crippen LogP contribution is -2.20. The fraction of sp³-hybridized carbons (Fsp3) is 0.778. The van der Waals surface area contributed by atoms with E-state index in [0.29, 0.717) is 17.9 Å². The summed E-state index contributed by atoms with van der Waals surface area (Å²) in [5.41, 5.74) is 5.38. The van der Waals surface area contributed by atoms with Crippen LogP contribution in [0.1, 0.15) is 37.5 Å². The van der Waals surface area contributed by atoms with Crippen LogP contribution in [0, 0.1) is 0 Å². The maximum atomic E-state index is 5.38. The van der Waals surface area contributed by atoms with Crippen LogP contribution in [0.4, 0.5) is 6.01 Å². The first-order valence-corrected chi connectivity index (χ1v) is 4.91. The molecule has 0 unspecified atom stereocenters. The van der Waals surface area contributed by atoms with E-state index in [1.165, 1.54) is 0 Å². The second-order valence-electron chi connectivity index (χ2n) is 3.70. The Morgan fingerprint density at radius 1 is 1.43 bits per heavy atom. The summed E-state index contributed by atoms with van der Waals surface area (Å²) in [6, 6.07) is 0.152. The van der Waals surface area contributed by atoms with E-state index in [0.717, 1.165) is 25.7 Å². The van der Waals surface area contributed by atoms with E-state index < -0.39 is 0 Å². The first-order valence-electron chi connectivity index (χ1n) is 4.91. The van der Waals surface area contributed by atoms with Crippen LogP contribution in [0.15, 0.2) is 4.42 Å². The van der Waals surface area contributed by atoms with Crippen molar-refractivity contribution >= 4 is 6.01 Å². The van der Waals surface area contributed by atoms with Crippen LogP contribution >= 0.6 is 0 Å². The fourth-order valence-corrected chi connectivity index (χ4v) is 1.99. The van der Waals surface area contributed by atoms with E-state index >= 15 is 0 Å². The van der Waals surface area contributed by atoms with Crippen LogP contribution in [0.2, 0.25) is 0 Å². The summed E-state index contributed by atoms with van der Waals surface area (Å²) in [6.45, 7) is 0. The Bertz CT molecular complexity index is 300. The maximum absolute atomic E-state index is 5.38. The molecule has 78 valence electrons. The molecular weight excluding hydrogens is 182 g/mol. The molecule has 1 aromatic rings. The number of hydrogen-bond acceptors (Lipinski definition) is 5. The standard InChI is InChI=1S/C9H15N3O2/c1-13-7-4-2-3-6(5-7)8-11-12-9(10)14-8/h6-7H,2-5H2,1H3,(H2,10,12)/t6-,7+/m1/s1. The minimum atomic E-state index is 0.152. The summed E-state index contributed by atoms with van der Waals surface area (Å²) in [4.78, 5) is 0. The Kier molecular flexibility index (Phi) is 2.67. The van der Waals surface area contributed by atoms with Crippen molar-refractivity contribution in [2.45, 2.75) is 37.7 Å². The molecule has 1 saturated carbocycles. The molecule has 1 aromatic heterocycles. The summed E-state index contributed by atoms with van der Waals surface area (Å²) in [5, 5.41) is 7.57. The fourth-order valence-electron chi connectivity index (χ4n) is 1.99. The van der Waals surface area contributed by atoms with E-state index in [9.17, 15) is 0 Å². The summed E-state index contributed by atoms with van der Waals surface area (Å²) >= 11 is 0. The smallest absolute Gasteiger partial charge is 0.312 e. The van der Waals surface area contributed by atoms with Gasteiger partial charge in [-0.1, -0.05) is 11.5 Å². The normalized spacial score (nSPS) is 27.8. The van der Waals surface area contributed by atoms with Crippen molar-refractivity contribution in [2.75, 3.05) is 12.8 Å². The number of nitrogen functional groups attached to an aromatic ring is 1. The third kappa shape index (κ3) is 1.87. The number of ether oxygens (including phenoxy) is 1. The van der Waals surface area contributed by atoms with Crippen molar-refractivity contribution in [1.82, 2.24) is 10.2 Å². The van der Waals surface area contributed by atoms with E-state index in [-0.39, 0.29) is 6.01 Å². The molecule has 1 fully saturated rings. The van der Waals surface area contributed by atoms with Crippen molar-refractivity contribution in [2.24, 2.45) is 0 Å². The molecular formula is C9H15N3O2. The van der Waals surface area contributed by atoms with E-state index in [1.54, 1.807) is 7.11 Å². The van der Waals surface area contributed by atoms with Gasteiger partial charge in [-0.05, 0) is 19.3 Å². The molecule has 2 N–H and O–H groups in total. The zero-order valence-corrected chi connectivity index (χ0v) is 8.27. The SMILES string of the molecule is CO[C@H]1CCC[C@@H](c2nnc(N)o2)C1. The highest BCUT2D eigenvalue weighted by molar-refractivity contribution is 5.07. The van der Waals surface area contributed by atoms with Crippen molar-refractivity contribution < 1.29 is 9.15 Å². The zero-order chi connectivity index (χ0) is 9.97. The lowest BCUT2D eigenvalue weighted by molar-refractivity contribution is 0.0599. The minimum absolute atomic E-state index is 0.152. The van der Waals surface area contributed by atoms with E-state index in [1.807, 2.05) is 0 Å². The molecule has 1 heterocycles. The van der Waals surface area contributed by atoms with Crippen LogP contribution in [-0.2, 0) is 4.74 Å². The Balaban J connectivity index is 2.04. The van der Waals surface area contributed by atoms with Crippen LogP contribution < -0.4 is 5.73 Å². The van der Waals surface area contributed by atoms with Gasteiger partial charge in [-0.3, -0.25) is 0 Å². The number of aromatic nitrogens is 2. The van der Waals surface area contributed by atoms with Gasteiger partial charge in [0.2, 0.25) is 5.89 Å².